The third kappa shape index (κ3) is 7.64. The summed E-state index contributed by atoms with van der Waals surface area (Å²) < 4.78 is 5.05. The lowest BCUT2D eigenvalue weighted by atomic mass is 9.98. The standard InChI is InChI=1S/C14H30N4O.HI/c1-11-5-7-18(8-6-11)13(3)9-16-14(15)17-12(2)10-19-4;/h11-13H,5-10H2,1-4H3,(H3,15,16,17);1H. The summed E-state index contributed by atoms with van der Waals surface area (Å²) in [5.74, 6) is 1.38. The number of methoxy groups -OCH3 is 1. The fourth-order valence-corrected chi connectivity index (χ4v) is 2.41. The van der Waals surface area contributed by atoms with Crippen molar-refractivity contribution in [1.82, 2.24) is 10.2 Å². The van der Waals surface area contributed by atoms with E-state index in [2.05, 4.69) is 29.1 Å². The number of ether oxygens (including phenoxy) is 1. The molecule has 0 aliphatic carbocycles. The van der Waals surface area contributed by atoms with E-state index >= 15 is 0 Å². The molecule has 0 spiro atoms. The maximum Gasteiger partial charge on any atom is 0.188 e. The highest BCUT2D eigenvalue weighted by atomic mass is 127. The Kier molecular flexibility index (Phi) is 10.6. The van der Waals surface area contributed by atoms with E-state index in [1.165, 1.54) is 25.9 Å². The van der Waals surface area contributed by atoms with Crippen molar-refractivity contribution in [3.8, 4) is 0 Å². The summed E-state index contributed by atoms with van der Waals surface area (Å²) >= 11 is 0. The molecule has 0 aromatic carbocycles. The number of nitrogens with two attached hydrogens (primary N) is 1. The number of nitrogens with one attached hydrogen (secondary N) is 1. The molecule has 1 saturated heterocycles. The van der Waals surface area contributed by atoms with Crippen LogP contribution in [0.1, 0.15) is 33.6 Å². The second kappa shape index (κ2) is 10.6. The van der Waals surface area contributed by atoms with Gasteiger partial charge in [-0.1, -0.05) is 6.92 Å². The van der Waals surface area contributed by atoms with Crippen LogP contribution in [-0.4, -0.2) is 56.3 Å². The lowest BCUT2D eigenvalue weighted by molar-refractivity contribution is 0.150. The molecular weight excluding hydrogens is 367 g/mol. The van der Waals surface area contributed by atoms with Gasteiger partial charge >= 0.3 is 0 Å². The van der Waals surface area contributed by atoms with E-state index in [-0.39, 0.29) is 30.0 Å². The summed E-state index contributed by atoms with van der Waals surface area (Å²) in [6.07, 6.45) is 2.60. The molecule has 2 unspecified atom stereocenters. The van der Waals surface area contributed by atoms with Gasteiger partial charge in [-0.05, 0) is 45.7 Å². The van der Waals surface area contributed by atoms with Crippen LogP contribution in [0, 0.1) is 5.92 Å². The van der Waals surface area contributed by atoms with Crippen molar-refractivity contribution in [2.24, 2.45) is 16.6 Å². The topological polar surface area (TPSA) is 62.9 Å². The van der Waals surface area contributed by atoms with E-state index in [0.29, 0.717) is 18.6 Å². The van der Waals surface area contributed by atoms with Crippen LogP contribution in [-0.2, 0) is 4.74 Å². The van der Waals surface area contributed by atoms with Gasteiger partial charge in [0, 0.05) is 19.2 Å². The van der Waals surface area contributed by atoms with Gasteiger partial charge in [-0.25, -0.2) is 0 Å². The molecule has 20 heavy (non-hydrogen) atoms. The largest absolute Gasteiger partial charge is 0.383 e. The van der Waals surface area contributed by atoms with Crippen LogP contribution in [0.2, 0.25) is 0 Å². The van der Waals surface area contributed by atoms with Crippen LogP contribution in [0.5, 0.6) is 0 Å². The monoisotopic (exact) mass is 398 g/mol. The number of guanidine groups is 1. The molecule has 0 amide bonds. The molecule has 0 radical (unpaired) electrons. The van der Waals surface area contributed by atoms with Crippen molar-refractivity contribution in [3.63, 3.8) is 0 Å². The minimum absolute atomic E-state index is 0. The van der Waals surface area contributed by atoms with Crippen molar-refractivity contribution in [3.05, 3.63) is 0 Å². The third-order valence-corrected chi connectivity index (χ3v) is 3.78. The zero-order valence-electron chi connectivity index (χ0n) is 13.3. The summed E-state index contributed by atoms with van der Waals surface area (Å²) in [4.78, 5) is 6.94. The molecule has 1 aliphatic rings. The van der Waals surface area contributed by atoms with Gasteiger partial charge in [0.1, 0.15) is 0 Å². The number of aliphatic imine (C=N–C) groups is 1. The van der Waals surface area contributed by atoms with Crippen molar-refractivity contribution < 1.29 is 4.74 Å². The maximum absolute atomic E-state index is 5.87. The zero-order valence-corrected chi connectivity index (χ0v) is 15.6. The molecule has 0 aromatic rings. The van der Waals surface area contributed by atoms with Gasteiger partial charge in [0.25, 0.3) is 0 Å². The van der Waals surface area contributed by atoms with E-state index < -0.39 is 0 Å². The van der Waals surface area contributed by atoms with Crippen LogP contribution in [0.3, 0.4) is 0 Å². The van der Waals surface area contributed by atoms with Gasteiger partial charge in [-0.2, -0.15) is 0 Å². The summed E-state index contributed by atoms with van der Waals surface area (Å²) in [5.41, 5.74) is 5.87. The second-order valence-corrected chi connectivity index (χ2v) is 5.79. The normalized spacial score (nSPS) is 21.1. The van der Waals surface area contributed by atoms with E-state index in [4.69, 9.17) is 10.5 Å². The molecule has 2 atom stereocenters. The number of rotatable bonds is 6. The fraction of sp³-hybridized carbons (Fsp3) is 0.929. The van der Waals surface area contributed by atoms with E-state index in [9.17, 15) is 0 Å². The van der Waals surface area contributed by atoms with Gasteiger partial charge < -0.3 is 15.8 Å². The number of piperidine rings is 1. The summed E-state index contributed by atoms with van der Waals surface area (Å²) in [6.45, 7) is 10.4. The van der Waals surface area contributed by atoms with Gasteiger partial charge in [0.2, 0.25) is 0 Å². The highest BCUT2D eigenvalue weighted by molar-refractivity contribution is 14.0. The van der Waals surface area contributed by atoms with Crippen LogP contribution >= 0.6 is 24.0 Å². The molecular formula is C14H31IN4O. The minimum Gasteiger partial charge on any atom is -0.383 e. The van der Waals surface area contributed by atoms with Crippen molar-refractivity contribution in [2.45, 2.75) is 45.7 Å². The van der Waals surface area contributed by atoms with Crippen molar-refractivity contribution >= 4 is 29.9 Å². The molecule has 3 N–H and O–H groups in total. The number of hydrogen-bond acceptors (Lipinski definition) is 3. The molecule has 1 rings (SSSR count). The van der Waals surface area contributed by atoms with Crippen LogP contribution < -0.4 is 11.1 Å². The predicted molar refractivity (Wildman–Crippen MR) is 95.8 cm³/mol. The number of hydrogen-bond donors (Lipinski definition) is 2. The quantitative estimate of drug-likeness (QED) is 0.406. The van der Waals surface area contributed by atoms with E-state index in [0.717, 1.165) is 12.5 Å². The van der Waals surface area contributed by atoms with Crippen molar-refractivity contribution in [1.29, 1.82) is 0 Å². The van der Waals surface area contributed by atoms with Gasteiger partial charge in [0.05, 0.1) is 13.2 Å². The first kappa shape index (κ1) is 19.9. The summed E-state index contributed by atoms with van der Waals surface area (Å²) in [7, 11) is 1.69. The molecule has 0 aromatic heterocycles. The third-order valence-electron chi connectivity index (χ3n) is 3.78. The Morgan fingerprint density at radius 3 is 2.55 bits per heavy atom. The fourth-order valence-electron chi connectivity index (χ4n) is 2.41. The van der Waals surface area contributed by atoms with Gasteiger partial charge in [0.15, 0.2) is 5.96 Å². The first-order valence-corrected chi connectivity index (χ1v) is 7.32. The SMILES string of the molecule is COCC(C)NC(N)=NCC(C)N1CCC(C)CC1.I. The van der Waals surface area contributed by atoms with Crippen LogP contribution in [0.25, 0.3) is 0 Å². The second-order valence-electron chi connectivity index (χ2n) is 5.79. The minimum atomic E-state index is 0. The van der Waals surface area contributed by atoms with Gasteiger partial charge in [-0.15, -0.1) is 24.0 Å². The van der Waals surface area contributed by atoms with E-state index in [1.54, 1.807) is 7.11 Å². The van der Waals surface area contributed by atoms with Crippen LogP contribution in [0.4, 0.5) is 0 Å². The molecule has 120 valence electrons. The Bertz CT molecular complexity index is 280. The molecule has 1 aliphatic heterocycles. The molecule has 1 heterocycles. The number of nitrogens with zero attached hydrogens (tertiary/aromatic N) is 2. The zero-order chi connectivity index (χ0) is 14.3. The maximum atomic E-state index is 5.87. The Morgan fingerprint density at radius 1 is 1.40 bits per heavy atom. The number of likely N-dealkylation sites (tertiary alicyclic amines) is 1. The molecule has 5 nitrogen and oxygen atoms in total. The van der Waals surface area contributed by atoms with Crippen LogP contribution in [0.15, 0.2) is 4.99 Å². The van der Waals surface area contributed by atoms with E-state index in [1.807, 2.05) is 6.92 Å². The molecule has 0 bridgehead atoms. The predicted octanol–water partition coefficient (Wildman–Crippen LogP) is 1.66. The number of halogens is 1. The average molecular weight is 398 g/mol. The summed E-state index contributed by atoms with van der Waals surface area (Å²) in [5, 5.41) is 3.13. The first-order valence-electron chi connectivity index (χ1n) is 7.32. The summed E-state index contributed by atoms with van der Waals surface area (Å²) in [6, 6.07) is 0.658. The average Bonchev–Trinajstić information content (AvgIpc) is 2.37. The Hall–Kier alpha value is -0.0800. The lowest BCUT2D eigenvalue weighted by Gasteiger charge is -2.34. The Balaban J connectivity index is 0.00000361. The van der Waals surface area contributed by atoms with Gasteiger partial charge in [-0.3, -0.25) is 9.89 Å². The highest BCUT2D eigenvalue weighted by Crippen LogP contribution is 2.17. The molecule has 6 heteroatoms. The van der Waals surface area contributed by atoms with Crippen molar-refractivity contribution in [2.75, 3.05) is 33.4 Å². The smallest absolute Gasteiger partial charge is 0.188 e. The Morgan fingerprint density at radius 2 is 2.00 bits per heavy atom. The molecule has 1 fully saturated rings. The highest BCUT2D eigenvalue weighted by Gasteiger charge is 2.19. The lowest BCUT2D eigenvalue weighted by Crippen LogP contribution is -2.43. The first-order chi connectivity index (χ1) is 9.02. The Labute approximate surface area is 140 Å². The molecule has 0 saturated carbocycles.